The second-order valence-corrected chi connectivity index (χ2v) is 8.32. The lowest BCUT2D eigenvalue weighted by atomic mass is 10.0. The first-order valence-electron chi connectivity index (χ1n) is 10.9. The van der Waals surface area contributed by atoms with E-state index >= 15 is 0 Å². The van der Waals surface area contributed by atoms with Crippen molar-refractivity contribution >= 4 is 5.91 Å². The van der Waals surface area contributed by atoms with E-state index < -0.39 is 0 Å². The van der Waals surface area contributed by atoms with Gasteiger partial charge in [-0.15, -0.1) is 0 Å². The summed E-state index contributed by atoms with van der Waals surface area (Å²) >= 11 is 0. The van der Waals surface area contributed by atoms with Crippen LogP contribution in [0.3, 0.4) is 0 Å². The Balaban J connectivity index is 1.32. The Hall–Kier alpha value is -2.14. The van der Waals surface area contributed by atoms with Crippen LogP contribution in [0, 0.1) is 0 Å². The van der Waals surface area contributed by atoms with Gasteiger partial charge in [0, 0.05) is 18.5 Å². The van der Waals surface area contributed by atoms with Crippen molar-refractivity contribution in [2.24, 2.45) is 0 Å². The molecule has 1 aromatic heterocycles. The zero-order valence-corrected chi connectivity index (χ0v) is 16.9. The molecular weight excluding hydrogens is 348 g/mol. The predicted octanol–water partition coefficient (Wildman–Crippen LogP) is 4.13. The molecule has 5 nitrogen and oxygen atoms in total. The van der Waals surface area contributed by atoms with E-state index in [1.807, 2.05) is 36.4 Å². The highest BCUT2D eigenvalue weighted by Gasteiger charge is 2.29. The summed E-state index contributed by atoms with van der Waals surface area (Å²) in [7, 11) is 0. The number of hydrogen-bond acceptors (Lipinski definition) is 3. The van der Waals surface area contributed by atoms with Gasteiger partial charge < -0.3 is 10.2 Å². The van der Waals surface area contributed by atoms with Crippen LogP contribution < -0.4 is 5.32 Å². The molecule has 28 heavy (non-hydrogen) atoms. The molecule has 1 unspecified atom stereocenters. The largest absolute Gasteiger partial charge is 0.351 e. The number of hydrogen-bond donors (Lipinski definition) is 1. The summed E-state index contributed by atoms with van der Waals surface area (Å²) in [6.45, 7) is 5.43. The molecule has 0 spiro atoms. The predicted molar refractivity (Wildman–Crippen MR) is 112 cm³/mol. The SMILES string of the molecule is CC1CCCCN1CCCCNC(=O)c1cc(C2CC2)nn1-c1ccccc1. The molecule has 2 aliphatic rings. The van der Waals surface area contributed by atoms with E-state index in [9.17, 15) is 4.79 Å². The molecule has 2 heterocycles. The number of benzene rings is 1. The Morgan fingerprint density at radius 3 is 2.71 bits per heavy atom. The Morgan fingerprint density at radius 2 is 1.96 bits per heavy atom. The number of unbranched alkanes of at least 4 members (excludes halogenated alkanes) is 1. The van der Waals surface area contributed by atoms with Crippen LogP contribution in [0.4, 0.5) is 0 Å². The van der Waals surface area contributed by atoms with Gasteiger partial charge in [0.15, 0.2) is 0 Å². The first kappa shape index (κ1) is 19.2. The number of aromatic nitrogens is 2. The molecular formula is C23H32N4O. The van der Waals surface area contributed by atoms with Gasteiger partial charge in [-0.1, -0.05) is 24.6 Å². The third kappa shape index (κ3) is 4.64. The number of amides is 1. The molecule has 150 valence electrons. The number of rotatable bonds is 8. The zero-order valence-electron chi connectivity index (χ0n) is 16.9. The molecule has 2 fully saturated rings. The highest BCUT2D eigenvalue weighted by Crippen LogP contribution is 2.39. The van der Waals surface area contributed by atoms with Crippen molar-refractivity contribution in [2.75, 3.05) is 19.6 Å². The molecule has 1 aromatic carbocycles. The van der Waals surface area contributed by atoms with Gasteiger partial charge in [0.2, 0.25) is 0 Å². The molecule has 4 rings (SSSR count). The molecule has 1 amide bonds. The van der Waals surface area contributed by atoms with Crippen LogP contribution >= 0.6 is 0 Å². The van der Waals surface area contributed by atoms with E-state index in [0.29, 0.717) is 17.7 Å². The van der Waals surface area contributed by atoms with Crippen LogP contribution in [0.15, 0.2) is 36.4 Å². The zero-order chi connectivity index (χ0) is 19.3. The highest BCUT2D eigenvalue weighted by molar-refractivity contribution is 5.93. The van der Waals surface area contributed by atoms with Gasteiger partial charge in [0.1, 0.15) is 5.69 Å². The average Bonchev–Trinajstić information content (AvgIpc) is 3.48. The van der Waals surface area contributed by atoms with E-state index in [0.717, 1.165) is 37.3 Å². The lowest BCUT2D eigenvalue weighted by Crippen LogP contribution is -2.38. The van der Waals surface area contributed by atoms with Crippen LogP contribution in [-0.2, 0) is 0 Å². The maximum absolute atomic E-state index is 12.8. The molecule has 5 heteroatoms. The number of piperidine rings is 1. The molecule has 0 radical (unpaired) electrons. The molecule has 2 aromatic rings. The molecule has 1 saturated carbocycles. The summed E-state index contributed by atoms with van der Waals surface area (Å²) in [4.78, 5) is 15.4. The van der Waals surface area contributed by atoms with Crippen molar-refractivity contribution < 1.29 is 4.79 Å². The van der Waals surface area contributed by atoms with Gasteiger partial charge in [-0.05, 0) is 76.7 Å². The maximum atomic E-state index is 12.8. The van der Waals surface area contributed by atoms with Gasteiger partial charge in [-0.25, -0.2) is 4.68 Å². The first-order valence-corrected chi connectivity index (χ1v) is 10.9. The Bertz CT molecular complexity index is 781. The monoisotopic (exact) mass is 380 g/mol. The second-order valence-electron chi connectivity index (χ2n) is 8.32. The fraction of sp³-hybridized carbons (Fsp3) is 0.565. The third-order valence-corrected chi connectivity index (χ3v) is 6.06. The maximum Gasteiger partial charge on any atom is 0.270 e. The molecule has 1 N–H and O–H groups in total. The summed E-state index contributed by atoms with van der Waals surface area (Å²) in [5, 5.41) is 7.84. The van der Waals surface area contributed by atoms with Crippen molar-refractivity contribution in [3.63, 3.8) is 0 Å². The smallest absolute Gasteiger partial charge is 0.270 e. The van der Waals surface area contributed by atoms with Gasteiger partial charge >= 0.3 is 0 Å². The quantitative estimate of drug-likeness (QED) is 0.701. The van der Waals surface area contributed by atoms with Crippen molar-refractivity contribution in [3.8, 4) is 5.69 Å². The van der Waals surface area contributed by atoms with E-state index in [-0.39, 0.29) is 5.91 Å². The van der Waals surface area contributed by atoms with Crippen molar-refractivity contribution in [1.82, 2.24) is 20.0 Å². The molecule has 1 saturated heterocycles. The minimum atomic E-state index is -0.0189. The summed E-state index contributed by atoms with van der Waals surface area (Å²) in [5.41, 5.74) is 2.64. The number of nitrogens with zero attached hydrogens (tertiary/aromatic N) is 3. The minimum absolute atomic E-state index is 0.0189. The van der Waals surface area contributed by atoms with Gasteiger partial charge in [0.25, 0.3) is 5.91 Å². The van der Waals surface area contributed by atoms with Gasteiger partial charge in [-0.2, -0.15) is 5.10 Å². The molecule has 1 atom stereocenters. The van der Waals surface area contributed by atoms with E-state index in [2.05, 4.69) is 17.1 Å². The molecule has 1 aliphatic carbocycles. The Labute approximate surface area is 168 Å². The topological polar surface area (TPSA) is 50.2 Å². The fourth-order valence-corrected chi connectivity index (χ4v) is 4.13. The van der Waals surface area contributed by atoms with Crippen molar-refractivity contribution in [2.45, 2.75) is 63.8 Å². The lowest BCUT2D eigenvalue weighted by molar-refractivity contribution is 0.0944. The lowest BCUT2D eigenvalue weighted by Gasteiger charge is -2.33. The van der Waals surface area contributed by atoms with Crippen LogP contribution in [-0.4, -0.2) is 46.3 Å². The Morgan fingerprint density at radius 1 is 1.14 bits per heavy atom. The second kappa shape index (κ2) is 8.91. The van der Waals surface area contributed by atoms with E-state index in [4.69, 9.17) is 5.10 Å². The third-order valence-electron chi connectivity index (χ3n) is 6.06. The summed E-state index contributed by atoms with van der Waals surface area (Å²) in [5.74, 6) is 0.512. The standard InChI is InChI=1S/C23H32N4O/c1-18-9-5-7-15-26(18)16-8-6-14-24-23(28)22-17-21(19-12-13-19)25-27(22)20-10-3-2-4-11-20/h2-4,10-11,17-19H,5-9,12-16H2,1H3,(H,24,28). The van der Waals surface area contributed by atoms with Crippen LogP contribution in [0.2, 0.25) is 0 Å². The van der Waals surface area contributed by atoms with Crippen LogP contribution in [0.5, 0.6) is 0 Å². The van der Waals surface area contributed by atoms with E-state index in [1.54, 1.807) is 4.68 Å². The summed E-state index contributed by atoms with van der Waals surface area (Å²) < 4.78 is 1.80. The number of likely N-dealkylation sites (tertiary alicyclic amines) is 1. The number of nitrogens with one attached hydrogen (secondary N) is 1. The normalized spacial score (nSPS) is 20.2. The van der Waals surface area contributed by atoms with Crippen molar-refractivity contribution in [1.29, 1.82) is 0 Å². The highest BCUT2D eigenvalue weighted by atomic mass is 16.2. The summed E-state index contributed by atoms with van der Waals surface area (Å²) in [6, 6.07) is 12.6. The molecule has 0 bridgehead atoms. The van der Waals surface area contributed by atoms with E-state index in [1.165, 1.54) is 38.6 Å². The minimum Gasteiger partial charge on any atom is -0.351 e. The van der Waals surface area contributed by atoms with Gasteiger partial charge in [0.05, 0.1) is 11.4 Å². The fourth-order valence-electron chi connectivity index (χ4n) is 4.13. The average molecular weight is 381 g/mol. The number of carbonyl (C=O) groups excluding carboxylic acids is 1. The Kier molecular flexibility index (Phi) is 6.10. The summed E-state index contributed by atoms with van der Waals surface area (Å²) in [6.07, 6.45) is 8.53. The molecule has 1 aliphatic heterocycles. The van der Waals surface area contributed by atoms with Crippen LogP contribution in [0.25, 0.3) is 5.69 Å². The number of carbonyl (C=O) groups is 1. The number of para-hydroxylation sites is 1. The first-order chi connectivity index (χ1) is 13.7. The van der Waals surface area contributed by atoms with Gasteiger partial charge in [-0.3, -0.25) is 4.79 Å². The van der Waals surface area contributed by atoms with Crippen LogP contribution in [0.1, 0.15) is 74.0 Å². The van der Waals surface area contributed by atoms with Crippen molar-refractivity contribution in [3.05, 3.63) is 47.8 Å².